The van der Waals surface area contributed by atoms with E-state index in [0.717, 1.165) is 56.3 Å². The lowest BCUT2D eigenvalue weighted by atomic mass is 10.2. The minimum absolute atomic E-state index is 0.184. The lowest BCUT2D eigenvalue weighted by molar-refractivity contribution is 0.102. The number of piperazine rings is 1. The van der Waals surface area contributed by atoms with Crippen LogP contribution in [-0.4, -0.2) is 75.3 Å². The number of rotatable bonds is 4. The van der Waals surface area contributed by atoms with E-state index in [9.17, 15) is 4.79 Å². The normalized spacial score (nSPS) is 18.2. The number of hydrogen-bond donors (Lipinski definition) is 1. The minimum Gasteiger partial charge on any atom is -0.378 e. The molecule has 1 aromatic heterocycles. The van der Waals surface area contributed by atoms with Crippen molar-refractivity contribution in [3.8, 4) is 0 Å². The number of aromatic nitrogens is 1. The number of morpholine rings is 1. The van der Waals surface area contributed by atoms with E-state index in [1.165, 1.54) is 0 Å². The van der Waals surface area contributed by atoms with Gasteiger partial charge in [-0.1, -0.05) is 12.1 Å². The number of carbonyl (C=O) groups is 1. The van der Waals surface area contributed by atoms with Gasteiger partial charge in [0.25, 0.3) is 5.91 Å². The second-order valence-electron chi connectivity index (χ2n) is 7.26. The summed E-state index contributed by atoms with van der Waals surface area (Å²) in [6.07, 6.45) is 1.72. The Morgan fingerprint density at radius 1 is 1.00 bits per heavy atom. The molecule has 148 valence electrons. The summed E-state index contributed by atoms with van der Waals surface area (Å²) in [6, 6.07) is 11.8. The van der Waals surface area contributed by atoms with Gasteiger partial charge in [0, 0.05) is 51.2 Å². The summed E-state index contributed by atoms with van der Waals surface area (Å²) in [6.45, 7) is 7.03. The number of ether oxygens (including phenoxy) is 1. The zero-order chi connectivity index (χ0) is 19.3. The van der Waals surface area contributed by atoms with Gasteiger partial charge in [-0.15, -0.1) is 0 Å². The number of amides is 1. The van der Waals surface area contributed by atoms with Crippen LogP contribution >= 0.6 is 0 Å². The summed E-state index contributed by atoms with van der Waals surface area (Å²) in [5.74, 6) is -0.184. The smallest absolute Gasteiger partial charge is 0.274 e. The van der Waals surface area contributed by atoms with Crippen molar-refractivity contribution < 1.29 is 9.53 Å². The molecular formula is C21H27N5O2. The Kier molecular flexibility index (Phi) is 5.73. The van der Waals surface area contributed by atoms with E-state index in [1.807, 2.05) is 36.4 Å². The van der Waals surface area contributed by atoms with E-state index in [0.29, 0.717) is 18.9 Å². The van der Waals surface area contributed by atoms with Gasteiger partial charge in [0.05, 0.1) is 24.6 Å². The van der Waals surface area contributed by atoms with E-state index in [4.69, 9.17) is 4.74 Å². The van der Waals surface area contributed by atoms with Crippen molar-refractivity contribution in [2.24, 2.45) is 0 Å². The molecule has 0 atom stereocenters. The van der Waals surface area contributed by atoms with Gasteiger partial charge in [-0.3, -0.25) is 9.78 Å². The van der Waals surface area contributed by atoms with Gasteiger partial charge in [-0.2, -0.15) is 0 Å². The first-order chi connectivity index (χ1) is 13.7. The highest BCUT2D eigenvalue weighted by molar-refractivity contribution is 6.05. The van der Waals surface area contributed by atoms with Gasteiger partial charge in [-0.05, 0) is 31.3 Å². The second-order valence-corrected chi connectivity index (χ2v) is 7.26. The topological polar surface area (TPSA) is 60.9 Å². The molecule has 3 heterocycles. The molecule has 0 bridgehead atoms. The summed E-state index contributed by atoms with van der Waals surface area (Å²) in [5, 5.41) is 3.05. The Morgan fingerprint density at radius 3 is 2.54 bits per heavy atom. The average Bonchev–Trinajstić information content (AvgIpc) is 2.75. The Hall–Kier alpha value is -2.64. The van der Waals surface area contributed by atoms with Crippen molar-refractivity contribution in [2.45, 2.75) is 0 Å². The first-order valence-corrected chi connectivity index (χ1v) is 9.83. The quantitative estimate of drug-likeness (QED) is 0.873. The van der Waals surface area contributed by atoms with Gasteiger partial charge >= 0.3 is 0 Å². The average molecular weight is 381 g/mol. The fraction of sp³-hybridized carbons (Fsp3) is 0.429. The molecule has 0 saturated carbocycles. The molecule has 0 aliphatic carbocycles. The standard InChI is InChI=1S/C21H27N5O2/c1-24-8-10-25(11-9-24)17-6-7-22-19(16-17)21(27)23-18-4-2-3-5-20(18)26-12-14-28-15-13-26/h2-7,16H,8-15H2,1H3,(H,23,27). The maximum Gasteiger partial charge on any atom is 0.274 e. The predicted octanol–water partition coefficient (Wildman–Crippen LogP) is 1.92. The molecule has 2 aliphatic heterocycles. The molecule has 7 heteroatoms. The minimum atomic E-state index is -0.184. The molecular weight excluding hydrogens is 354 g/mol. The van der Waals surface area contributed by atoms with E-state index < -0.39 is 0 Å². The first kappa shape index (κ1) is 18.7. The monoisotopic (exact) mass is 381 g/mol. The summed E-state index contributed by atoms with van der Waals surface area (Å²) < 4.78 is 5.44. The largest absolute Gasteiger partial charge is 0.378 e. The van der Waals surface area contributed by atoms with Crippen LogP contribution in [0.1, 0.15) is 10.5 Å². The van der Waals surface area contributed by atoms with Gasteiger partial charge < -0.3 is 24.8 Å². The molecule has 2 aromatic rings. The Morgan fingerprint density at radius 2 is 1.75 bits per heavy atom. The molecule has 2 fully saturated rings. The summed E-state index contributed by atoms with van der Waals surface area (Å²) >= 11 is 0. The number of anilines is 3. The molecule has 1 N–H and O–H groups in total. The Bertz CT molecular complexity index is 814. The highest BCUT2D eigenvalue weighted by Gasteiger charge is 2.19. The third kappa shape index (κ3) is 4.26. The van der Waals surface area contributed by atoms with Crippen molar-refractivity contribution in [2.75, 3.05) is 74.6 Å². The van der Waals surface area contributed by atoms with E-state index in [1.54, 1.807) is 6.20 Å². The van der Waals surface area contributed by atoms with Crippen LogP contribution in [0, 0.1) is 0 Å². The molecule has 1 amide bonds. The van der Waals surface area contributed by atoms with Crippen molar-refractivity contribution in [3.63, 3.8) is 0 Å². The van der Waals surface area contributed by atoms with Crippen molar-refractivity contribution in [1.82, 2.24) is 9.88 Å². The highest BCUT2D eigenvalue weighted by atomic mass is 16.5. The van der Waals surface area contributed by atoms with Crippen molar-refractivity contribution >= 4 is 23.0 Å². The van der Waals surface area contributed by atoms with Crippen LogP contribution in [0.2, 0.25) is 0 Å². The second kappa shape index (κ2) is 8.58. The summed E-state index contributed by atoms with van der Waals surface area (Å²) in [5.41, 5.74) is 3.32. The van der Waals surface area contributed by atoms with Crippen LogP contribution in [0.4, 0.5) is 17.1 Å². The van der Waals surface area contributed by atoms with Gasteiger partial charge in [-0.25, -0.2) is 0 Å². The number of nitrogens with zero attached hydrogens (tertiary/aromatic N) is 4. The molecule has 0 spiro atoms. The van der Waals surface area contributed by atoms with Gasteiger partial charge in [0.2, 0.25) is 0 Å². The Labute approximate surface area is 165 Å². The number of para-hydroxylation sites is 2. The van der Waals surface area contributed by atoms with Crippen LogP contribution in [0.3, 0.4) is 0 Å². The molecule has 28 heavy (non-hydrogen) atoms. The number of nitrogens with one attached hydrogen (secondary N) is 1. The molecule has 7 nitrogen and oxygen atoms in total. The molecule has 2 saturated heterocycles. The Balaban J connectivity index is 1.49. The van der Waals surface area contributed by atoms with Crippen molar-refractivity contribution in [1.29, 1.82) is 0 Å². The predicted molar refractivity (Wildman–Crippen MR) is 111 cm³/mol. The third-order valence-electron chi connectivity index (χ3n) is 5.35. The third-order valence-corrected chi connectivity index (χ3v) is 5.35. The maximum atomic E-state index is 12.9. The molecule has 4 rings (SSSR count). The molecule has 2 aliphatic rings. The number of benzene rings is 1. The summed E-state index contributed by atoms with van der Waals surface area (Å²) in [4.78, 5) is 24.1. The fourth-order valence-electron chi connectivity index (χ4n) is 3.65. The maximum absolute atomic E-state index is 12.9. The zero-order valence-electron chi connectivity index (χ0n) is 16.3. The summed E-state index contributed by atoms with van der Waals surface area (Å²) in [7, 11) is 2.13. The van der Waals surface area contributed by atoms with Crippen LogP contribution < -0.4 is 15.1 Å². The van der Waals surface area contributed by atoms with Crippen LogP contribution in [0.5, 0.6) is 0 Å². The number of likely N-dealkylation sites (N-methyl/N-ethyl adjacent to an activating group) is 1. The highest BCUT2D eigenvalue weighted by Crippen LogP contribution is 2.27. The van der Waals surface area contributed by atoms with E-state index in [2.05, 4.69) is 32.0 Å². The van der Waals surface area contributed by atoms with E-state index in [-0.39, 0.29) is 5.91 Å². The fourth-order valence-corrected chi connectivity index (χ4v) is 3.65. The van der Waals surface area contributed by atoms with Crippen LogP contribution in [0.25, 0.3) is 0 Å². The SMILES string of the molecule is CN1CCN(c2ccnc(C(=O)Nc3ccccc3N3CCOCC3)c2)CC1. The molecule has 1 aromatic carbocycles. The van der Waals surface area contributed by atoms with Gasteiger partial charge in [0.1, 0.15) is 5.69 Å². The first-order valence-electron chi connectivity index (χ1n) is 9.83. The lowest BCUT2D eigenvalue weighted by Gasteiger charge is -2.34. The van der Waals surface area contributed by atoms with Crippen LogP contribution in [-0.2, 0) is 4.74 Å². The van der Waals surface area contributed by atoms with E-state index >= 15 is 0 Å². The van der Waals surface area contributed by atoms with Crippen LogP contribution in [0.15, 0.2) is 42.6 Å². The van der Waals surface area contributed by atoms with Gasteiger partial charge in [0.15, 0.2) is 0 Å². The molecule has 0 unspecified atom stereocenters. The number of pyridine rings is 1. The van der Waals surface area contributed by atoms with Crippen molar-refractivity contribution in [3.05, 3.63) is 48.3 Å². The number of hydrogen-bond acceptors (Lipinski definition) is 6. The number of carbonyl (C=O) groups excluding carboxylic acids is 1. The lowest BCUT2D eigenvalue weighted by Crippen LogP contribution is -2.44. The zero-order valence-corrected chi connectivity index (χ0v) is 16.3. The molecule has 0 radical (unpaired) electrons.